The lowest BCUT2D eigenvalue weighted by Gasteiger charge is -2.42. The Hall–Kier alpha value is -1.21. The van der Waals surface area contributed by atoms with Crippen LogP contribution in [0.5, 0.6) is 0 Å². The molecule has 0 amide bonds. The molecular formula is C34H54O5S. The lowest BCUT2D eigenvalue weighted by molar-refractivity contribution is -0.170. The van der Waals surface area contributed by atoms with E-state index in [4.69, 9.17) is 15.6 Å². The Balaban J connectivity index is 1.42. The van der Waals surface area contributed by atoms with E-state index in [9.17, 15) is 8.42 Å². The third kappa shape index (κ3) is 7.22. The number of rotatable bonds is 13. The SMILES string of the molecule is [3H][C@H](CC1O[C@H](CC(C)CC)[C@H](C)[C@H]1CS(=O)(=O)c1ccccc1)C(=C)[C@H](C)CC1CC[C@@H]2O[C@@H](C)C[C@]2(CC)O1. The molecule has 0 bridgehead atoms. The molecule has 0 aliphatic carbocycles. The van der Waals surface area contributed by atoms with Gasteiger partial charge in [-0.15, -0.1) is 0 Å². The Labute approximate surface area is 245 Å². The quantitative estimate of drug-likeness (QED) is 0.224. The fourth-order valence-corrected chi connectivity index (χ4v) is 9.04. The molecule has 40 heavy (non-hydrogen) atoms. The summed E-state index contributed by atoms with van der Waals surface area (Å²) >= 11 is 0. The van der Waals surface area contributed by atoms with Gasteiger partial charge in [-0.25, -0.2) is 8.42 Å². The molecule has 0 radical (unpaired) electrons. The first kappa shape index (κ1) is 30.3. The Morgan fingerprint density at radius 3 is 2.50 bits per heavy atom. The standard InChI is InChI=1S/C34H54O5S/c1-8-23(3)19-32-27(7)30(22-40(35,36)29-13-11-10-12-14-29)31(38-32)17-15-24(4)25(5)20-28-16-18-33-34(9-2,39-28)21-26(6)37-33/h10-14,23,25-28,30-33H,4,8-9,15-22H2,1-3,5-7H3/t23?,25-,26+,27-,28?,30-,31?,32-,33+,34+/m1/s1/i15T/t15-,23?,25-,26+,27-,28?,30-,31?,32-,33+,34+. The zero-order valence-electron chi connectivity index (χ0n) is 26.7. The van der Waals surface area contributed by atoms with Gasteiger partial charge in [-0.1, -0.05) is 71.4 Å². The van der Waals surface area contributed by atoms with Crippen molar-refractivity contribution >= 4 is 9.84 Å². The molecule has 3 saturated heterocycles. The van der Waals surface area contributed by atoms with Crippen LogP contribution in [0.15, 0.2) is 47.4 Å². The molecule has 3 aliphatic rings. The van der Waals surface area contributed by atoms with Gasteiger partial charge in [0, 0.05) is 13.7 Å². The van der Waals surface area contributed by atoms with Gasteiger partial charge in [-0.3, -0.25) is 0 Å². The minimum Gasteiger partial charge on any atom is -0.374 e. The van der Waals surface area contributed by atoms with Crippen LogP contribution in [-0.2, 0) is 24.0 Å². The molecule has 0 aromatic heterocycles. The molecule has 0 saturated carbocycles. The van der Waals surface area contributed by atoms with E-state index in [-0.39, 0.29) is 59.6 Å². The highest BCUT2D eigenvalue weighted by Gasteiger charge is 2.51. The van der Waals surface area contributed by atoms with E-state index in [0.717, 1.165) is 50.5 Å². The number of hydrogen-bond acceptors (Lipinski definition) is 5. The van der Waals surface area contributed by atoms with Gasteiger partial charge >= 0.3 is 0 Å². The van der Waals surface area contributed by atoms with Crippen LogP contribution in [0.4, 0.5) is 0 Å². The van der Waals surface area contributed by atoms with Gasteiger partial charge in [-0.05, 0) is 81.7 Å². The molecule has 11 atom stereocenters. The van der Waals surface area contributed by atoms with E-state index in [1.165, 1.54) is 0 Å². The molecule has 6 heteroatoms. The molecule has 0 spiro atoms. The lowest BCUT2D eigenvalue weighted by atomic mass is 9.81. The number of benzene rings is 1. The predicted molar refractivity (Wildman–Crippen MR) is 162 cm³/mol. The minimum absolute atomic E-state index is 0.00801. The summed E-state index contributed by atoms with van der Waals surface area (Å²) in [6.45, 7) is 17.4. The fraction of sp³-hybridized carbons (Fsp3) is 0.765. The minimum atomic E-state index is -3.47. The summed E-state index contributed by atoms with van der Waals surface area (Å²) in [6, 6.07) is 8.73. The van der Waals surface area contributed by atoms with Crippen molar-refractivity contribution in [3.8, 4) is 0 Å². The number of ether oxygens (including phenoxy) is 3. The van der Waals surface area contributed by atoms with Crippen molar-refractivity contribution in [1.82, 2.24) is 0 Å². The topological polar surface area (TPSA) is 61.8 Å². The molecule has 3 unspecified atom stereocenters. The molecule has 226 valence electrons. The average Bonchev–Trinajstić information content (AvgIpc) is 3.43. The van der Waals surface area contributed by atoms with Crippen LogP contribution in [0.25, 0.3) is 0 Å². The summed E-state index contributed by atoms with van der Waals surface area (Å²) in [4.78, 5) is 0.360. The highest BCUT2D eigenvalue weighted by atomic mass is 32.2. The number of fused-ring (bicyclic) bond motifs is 1. The Morgan fingerprint density at radius 1 is 1.10 bits per heavy atom. The van der Waals surface area contributed by atoms with Gasteiger partial charge in [-0.2, -0.15) is 0 Å². The van der Waals surface area contributed by atoms with Gasteiger partial charge in [0.1, 0.15) is 0 Å². The summed E-state index contributed by atoms with van der Waals surface area (Å²) in [5.74, 6) is 0.636. The van der Waals surface area contributed by atoms with Crippen LogP contribution in [-0.4, -0.2) is 50.3 Å². The maximum atomic E-state index is 13.4. The van der Waals surface area contributed by atoms with Crippen LogP contribution < -0.4 is 0 Å². The molecule has 3 heterocycles. The summed E-state index contributed by atoms with van der Waals surface area (Å²) in [5, 5.41) is 0. The lowest BCUT2D eigenvalue weighted by Crippen LogP contribution is -2.48. The highest BCUT2D eigenvalue weighted by Crippen LogP contribution is 2.45. The van der Waals surface area contributed by atoms with Crippen molar-refractivity contribution < 1.29 is 24.0 Å². The highest BCUT2D eigenvalue weighted by molar-refractivity contribution is 7.91. The largest absolute Gasteiger partial charge is 0.374 e. The first-order valence-electron chi connectivity index (χ1n) is 16.3. The van der Waals surface area contributed by atoms with E-state index in [2.05, 4.69) is 48.1 Å². The summed E-state index contributed by atoms with van der Waals surface area (Å²) < 4.78 is 55.5. The van der Waals surface area contributed by atoms with E-state index >= 15 is 0 Å². The monoisotopic (exact) mass is 576 g/mol. The molecular weight excluding hydrogens is 520 g/mol. The molecule has 5 nitrogen and oxygen atoms in total. The second-order valence-electron chi connectivity index (χ2n) is 13.1. The van der Waals surface area contributed by atoms with Crippen molar-refractivity contribution in [2.24, 2.45) is 23.7 Å². The van der Waals surface area contributed by atoms with Gasteiger partial charge < -0.3 is 14.2 Å². The third-order valence-corrected chi connectivity index (χ3v) is 12.0. The maximum absolute atomic E-state index is 13.4. The Bertz CT molecular complexity index is 1110. The van der Waals surface area contributed by atoms with E-state index in [1.807, 2.05) is 6.07 Å². The molecule has 3 aliphatic heterocycles. The van der Waals surface area contributed by atoms with Crippen molar-refractivity contribution in [2.45, 2.75) is 140 Å². The average molecular weight is 577 g/mol. The fourth-order valence-electron chi connectivity index (χ4n) is 7.25. The van der Waals surface area contributed by atoms with Gasteiger partial charge in [0.05, 0.1) is 46.8 Å². The molecule has 4 rings (SSSR count). The van der Waals surface area contributed by atoms with Crippen molar-refractivity contribution in [1.29, 1.82) is 0 Å². The van der Waals surface area contributed by atoms with E-state index in [0.29, 0.717) is 17.2 Å². The normalized spacial score (nSPS) is 37.0. The predicted octanol–water partition coefficient (Wildman–Crippen LogP) is 7.78. The molecule has 0 N–H and O–H groups in total. The summed E-state index contributed by atoms with van der Waals surface area (Å²) in [7, 11) is -3.47. The first-order valence-corrected chi connectivity index (χ1v) is 17.4. The second-order valence-corrected chi connectivity index (χ2v) is 15.1. The van der Waals surface area contributed by atoms with Crippen LogP contribution in [0.3, 0.4) is 0 Å². The van der Waals surface area contributed by atoms with Crippen molar-refractivity contribution in [3.05, 3.63) is 42.5 Å². The van der Waals surface area contributed by atoms with Crippen LogP contribution in [0.2, 0.25) is 0 Å². The van der Waals surface area contributed by atoms with Crippen LogP contribution >= 0.6 is 0 Å². The third-order valence-electron chi connectivity index (χ3n) is 10.2. The maximum Gasteiger partial charge on any atom is 0.178 e. The number of allylic oxidation sites excluding steroid dienone is 1. The Kier molecular flexibility index (Phi) is 10.1. The summed E-state index contributed by atoms with van der Waals surface area (Å²) in [6.07, 6.45) is 6.98. The van der Waals surface area contributed by atoms with Crippen molar-refractivity contribution in [2.75, 3.05) is 5.75 Å². The van der Waals surface area contributed by atoms with Gasteiger partial charge in [0.25, 0.3) is 0 Å². The van der Waals surface area contributed by atoms with Gasteiger partial charge in [0.2, 0.25) is 0 Å². The number of sulfone groups is 1. The zero-order chi connectivity index (χ0) is 29.9. The molecule has 3 fully saturated rings. The van der Waals surface area contributed by atoms with Crippen LogP contribution in [0, 0.1) is 23.7 Å². The smallest absolute Gasteiger partial charge is 0.178 e. The van der Waals surface area contributed by atoms with E-state index < -0.39 is 16.2 Å². The molecule has 1 aromatic carbocycles. The van der Waals surface area contributed by atoms with E-state index in [1.54, 1.807) is 24.3 Å². The molecule has 1 aromatic rings. The van der Waals surface area contributed by atoms with Gasteiger partial charge in [0.15, 0.2) is 9.84 Å². The first-order chi connectivity index (χ1) is 19.4. The number of hydrogen-bond donors (Lipinski definition) is 0. The van der Waals surface area contributed by atoms with Crippen LogP contribution in [0.1, 0.15) is 101 Å². The van der Waals surface area contributed by atoms with Crippen molar-refractivity contribution in [3.63, 3.8) is 0 Å². The Morgan fingerprint density at radius 2 is 1.82 bits per heavy atom. The zero-order valence-corrected chi connectivity index (χ0v) is 26.5. The second kappa shape index (κ2) is 13.4. The summed E-state index contributed by atoms with van der Waals surface area (Å²) in [5.41, 5.74) is 0.711.